The number of aromatic amines is 2. The van der Waals surface area contributed by atoms with Crippen LogP contribution in [0.2, 0.25) is 0 Å². The Morgan fingerprint density at radius 1 is 1.26 bits per heavy atom. The molecule has 0 saturated heterocycles. The molecule has 1 atom stereocenters. The summed E-state index contributed by atoms with van der Waals surface area (Å²) in [5.74, 6) is -0.534. The van der Waals surface area contributed by atoms with Crippen LogP contribution in [0.4, 0.5) is 4.79 Å². The molecule has 31 heavy (non-hydrogen) atoms. The first-order valence-electron chi connectivity index (χ1n) is 10.1. The number of aromatic nitrogens is 3. The third-order valence-corrected chi connectivity index (χ3v) is 4.20. The molecular formula is C20H30N4O6S. The van der Waals surface area contributed by atoms with Crippen LogP contribution >= 0.6 is 12.2 Å². The van der Waals surface area contributed by atoms with E-state index in [0.717, 1.165) is 0 Å². The summed E-state index contributed by atoms with van der Waals surface area (Å²) in [5.41, 5.74) is -0.175. The number of carbonyl (C=O) groups excluding carboxylic acids is 2. The van der Waals surface area contributed by atoms with Crippen LogP contribution < -0.4 is 10.9 Å². The molecule has 2 heterocycles. The zero-order chi connectivity index (χ0) is 23.2. The number of fused-ring (bicyclic) bond motifs is 1. The van der Waals surface area contributed by atoms with Gasteiger partial charge in [-0.2, -0.15) is 0 Å². The van der Waals surface area contributed by atoms with E-state index in [0.29, 0.717) is 24.1 Å². The van der Waals surface area contributed by atoms with Crippen molar-refractivity contribution < 1.29 is 23.8 Å². The van der Waals surface area contributed by atoms with Gasteiger partial charge in [-0.05, 0) is 52.9 Å². The lowest BCUT2D eigenvalue weighted by Gasteiger charge is -2.21. The summed E-state index contributed by atoms with van der Waals surface area (Å²) in [6.45, 7) is 9.44. The minimum Gasteiger partial charge on any atom is -0.444 e. The van der Waals surface area contributed by atoms with E-state index in [1.807, 2.05) is 13.8 Å². The Balaban J connectivity index is 2.09. The highest BCUT2D eigenvalue weighted by molar-refractivity contribution is 7.71. The summed E-state index contributed by atoms with van der Waals surface area (Å²) < 4.78 is 18.1. The van der Waals surface area contributed by atoms with E-state index >= 15 is 0 Å². The number of ether oxygens (including phenoxy) is 3. The van der Waals surface area contributed by atoms with Crippen molar-refractivity contribution >= 4 is 35.3 Å². The molecule has 0 aliphatic carbocycles. The number of carbonyl (C=O) groups is 2. The van der Waals surface area contributed by atoms with Crippen LogP contribution in [0.5, 0.6) is 0 Å². The van der Waals surface area contributed by atoms with Crippen molar-refractivity contribution in [3.05, 3.63) is 27.4 Å². The lowest BCUT2D eigenvalue weighted by atomic mass is 10.2. The molecule has 0 bridgehead atoms. The fraction of sp³-hybridized carbons (Fsp3) is 0.600. The monoisotopic (exact) mass is 454 g/mol. The Kier molecular flexibility index (Phi) is 8.40. The van der Waals surface area contributed by atoms with Crippen LogP contribution in [0.3, 0.4) is 0 Å². The molecule has 2 rings (SSSR count). The molecular weight excluding hydrogens is 424 g/mol. The molecule has 0 aliphatic heterocycles. The number of esters is 1. The highest BCUT2D eigenvalue weighted by Crippen LogP contribution is 2.21. The number of alkyl carbamates (subject to hydrolysis) is 1. The number of nitrogens with zero attached hydrogens (tertiary/aromatic N) is 1. The van der Waals surface area contributed by atoms with Crippen molar-refractivity contribution in [2.24, 2.45) is 0 Å². The van der Waals surface area contributed by atoms with Gasteiger partial charge in [0.25, 0.3) is 5.56 Å². The molecule has 10 nitrogen and oxygen atoms in total. The molecule has 0 fully saturated rings. The second-order valence-electron chi connectivity index (χ2n) is 8.22. The maximum absolute atomic E-state index is 12.4. The van der Waals surface area contributed by atoms with Crippen LogP contribution in [-0.4, -0.2) is 51.5 Å². The van der Waals surface area contributed by atoms with E-state index < -0.39 is 23.9 Å². The molecule has 0 saturated carbocycles. The molecule has 0 aliphatic rings. The Morgan fingerprint density at radius 3 is 2.61 bits per heavy atom. The molecule has 0 aromatic carbocycles. The molecule has 1 unspecified atom stereocenters. The van der Waals surface area contributed by atoms with E-state index in [-0.39, 0.29) is 29.4 Å². The van der Waals surface area contributed by atoms with E-state index in [2.05, 4.69) is 15.3 Å². The molecule has 0 radical (unpaired) electrons. The topological polar surface area (TPSA) is 127 Å². The van der Waals surface area contributed by atoms with Crippen molar-refractivity contribution in [1.82, 2.24) is 19.9 Å². The first kappa shape index (κ1) is 24.6. The normalized spacial score (nSPS) is 12.7. The SMILES string of the molecule is CC(C)OCCC(OC(=O)CCNC(=O)OC(C)(C)C)n1ccc2[nH]c(=S)[nH]c(=O)c21. The average molecular weight is 455 g/mol. The van der Waals surface area contributed by atoms with Crippen molar-refractivity contribution in [2.75, 3.05) is 13.2 Å². The quantitative estimate of drug-likeness (QED) is 0.392. The molecule has 2 aromatic rings. The van der Waals surface area contributed by atoms with Crippen LogP contribution in [0.15, 0.2) is 17.1 Å². The second-order valence-corrected chi connectivity index (χ2v) is 8.63. The minimum absolute atomic E-state index is 0.00953. The highest BCUT2D eigenvalue weighted by atomic mass is 32.1. The molecule has 3 N–H and O–H groups in total. The third kappa shape index (κ3) is 7.83. The number of rotatable bonds is 9. The summed E-state index contributed by atoms with van der Waals surface area (Å²) in [6.07, 6.45) is 0.560. The average Bonchev–Trinajstić information content (AvgIpc) is 3.03. The van der Waals surface area contributed by atoms with E-state index in [1.165, 1.54) is 0 Å². The van der Waals surface area contributed by atoms with Gasteiger partial charge in [-0.1, -0.05) is 0 Å². The lowest BCUT2D eigenvalue weighted by Crippen LogP contribution is -2.34. The summed E-state index contributed by atoms with van der Waals surface area (Å²) in [7, 11) is 0. The van der Waals surface area contributed by atoms with Crippen LogP contribution in [0.1, 0.15) is 53.7 Å². The summed E-state index contributed by atoms with van der Waals surface area (Å²) in [4.78, 5) is 42.0. The van der Waals surface area contributed by atoms with Crippen LogP contribution in [-0.2, 0) is 19.0 Å². The molecule has 2 aromatic heterocycles. The number of hydrogen-bond donors (Lipinski definition) is 3. The second kappa shape index (κ2) is 10.6. The smallest absolute Gasteiger partial charge is 0.407 e. The van der Waals surface area contributed by atoms with Gasteiger partial charge in [0.05, 0.1) is 24.6 Å². The summed E-state index contributed by atoms with van der Waals surface area (Å²) in [6, 6.07) is 1.69. The zero-order valence-electron chi connectivity index (χ0n) is 18.4. The molecule has 11 heteroatoms. The zero-order valence-corrected chi connectivity index (χ0v) is 19.3. The molecule has 0 spiro atoms. The van der Waals surface area contributed by atoms with Crippen molar-refractivity contribution in [2.45, 2.75) is 65.4 Å². The molecule has 172 valence electrons. The van der Waals surface area contributed by atoms with Gasteiger partial charge < -0.3 is 29.1 Å². The van der Waals surface area contributed by atoms with Gasteiger partial charge >= 0.3 is 12.1 Å². The van der Waals surface area contributed by atoms with Crippen LogP contribution in [0.25, 0.3) is 11.0 Å². The van der Waals surface area contributed by atoms with Crippen molar-refractivity contribution in [1.29, 1.82) is 0 Å². The lowest BCUT2D eigenvalue weighted by molar-refractivity contribution is -0.155. The van der Waals surface area contributed by atoms with Gasteiger partial charge in [0, 0.05) is 19.2 Å². The van der Waals surface area contributed by atoms with Gasteiger partial charge in [0.1, 0.15) is 11.1 Å². The highest BCUT2D eigenvalue weighted by Gasteiger charge is 2.21. The van der Waals surface area contributed by atoms with Gasteiger partial charge in [-0.25, -0.2) is 4.79 Å². The van der Waals surface area contributed by atoms with Crippen LogP contribution in [0, 0.1) is 4.77 Å². The summed E-state index contributed by atoms with van der Waals surface area (Å²) >= 11 is 5.00. The fourth-order valence-corrected chi connectivity index (χ4v) is 3.00. The van der Waals surface area contributed by atoms with Gasteiger partial charge in [-0.3, -0.25) is 14.6 Å². The third-order valence-electron chi connectivity index (χ3n) is 4.00. The number of nitrogens with one attached hydrogen (secondary N) is 3. The largest absolute Gasteiger partial charge is 0.444 e. The van der Waals surface area contributed by atoms with Crippen molar-refractivity contribution in [3.63, 3.8) is 0 Å². The van der Waals surface area contributed by atoms with E-state index in [9.17, 15) is 14.4 Å². The van der Waals surface area contributed by atoms with Gasteiger partial charge in [0.2, 0.25) is 0 Å². The maximum atomic E-state index is 12.4. The molecule has 1 amide bonds. The first-order chi connectivity index (χ1) is 14.5. The number of amides is 1. The Labute approximate surface area is 185 Å². The number of hydrogen-bond acceptors (Lipinski definition) is 7. The van der Waals surface area contributed by atoms with Crippen molar-refractivity contribution in [3.8, 4) is 0 Å². The minimum atomic E-state index is -0.768. The Morgan fingerprint density at radius 2 is 1.97 bits per heavy atom. The summed E-state index contributed by atoms with van der Waals surface area (Å²) in [5, 5.41) is 2.52. The van der Waals surface area contributed by atoms with Gasteiger partial charge in [0.15, 0.2) is 11.0 Å². The predicted octanol–water partition coefficient (Wildman–Crippen LogP) is 3.16. The Hall–Kier alpha value is -2.66. The van der Waals surface area contributed by atoms with E-state index in [4.69, 9.17) is 26.4 Å². The predicted molar refractivity (Wildman–Crippen MR) is 117 cm³/mol. The fourth-order valence-electron chi connectivity index (χ4n) is 2.79. The first-order valence-corrected chi connectivity index (χ1v) is 10.5. The number of H-pyrrole nitrogens is 2. The van der Waals surface area contributed by atoms with E-state index in [1.54, 1.807) is 37.6 Å². The van der Waals surface area contributed by atoms with Gasteiger partial charge in [-0.15, -0.1) is 0 Å². The standard InChI is InChI=1S/C20H30N4O6S/c1-12(2)28-11-8-14(24-10-7-13-16(24)17(26)23-18(31)22-13)29-15(25)6-9-21-19(27)30-20(3,4)5/h7,10,12,14H,6,8-9,11H2,1-5H3,(H,21,27)(H2,22,23,26,31). The maximum Gasteiger partial charge on any atom is 0.407 e. The Bertz CT molecular complexity index is 1020.